The number of piperazine rings is 1. The van der Waals surface area contributed by atoms with Gasteiger partial charge in [-0.2, -0.15) is 0 Å². The van der Waals surface area contributed by atoms with Crippen molar-refractivity contribution in [3.63, 3.8) is 0 Å². The fourth-order valence-electron chi connectivity index (χ4n) is 4.08. The molecule has 1 aromatic carbocycles. The smallest absolute Gasteiger partial charge is 0.251 e. The van der Waals surface area contributed by atoms with E-state index in [1.807, 2.05) is 30.9 Å². The van der Waals surface area contributed by atoms with Gasteiger partial charge in [0.05, 0.1) is 13.2 Å². The third-order valence-electron chi connectivity index (χ3n) is 5.70. The summed E-state index contributed by atoms with van der Waals surface area (Å²) < 4.78 is 16.9. The van der Waals surface area contributed by atoms with Gasteiger partial charge in [0.25, 0.3) is 5.91 Å². The number of guanidine groups is 1. The SMILES string of the molecule is CCNC(=NCCc1ccc(OCC)c(OCC)c1)N1CCN(C(=O)C2CCCO2)CC1.I. The quantitative estimate of drug-likeness (QED) is 0.278. The van der Waals surface area contributed by atoms with Gasteiger partial charge in [-0.3, -0.25) is 9.79 Å². The molecule has 2 saturated heterocycles. The molecule has 8 nitrogen and oxygen atoms in total. The topological polar surface area (TPSA) is 75.6 Å². The Bertz CT molecular complexity index is 763. The first-order chi connectivity index (χ1) is 15.7. The predicted molar refractivity (Wildman–Crippen MR) is 141 cm³/mol. The van der Waals surface area contributed by atoms with Gasteiger partial charge in [0.1, 0.15) is 6.10 Å². The number of carbonyl (C=O) groups is 1. The van der Waals surface area contributed by atoms with E-state index in [-0.39, 0.29) is 36.0 Å². The van der Waals surface area contributed by atoms with E-state index in [1.165, 1.54) is 5.56 Å². The van der Waals surface area contributed by atoms with Crippen LogP contribution in [0.3, 0.4) is 0 Å². The first-order valence-corrected chi connectivity index (χ1v) is 12.0. The average molecular weight is 575 g/mol. The summed E-state index contributed by atoms with van der Waals surface area (Å²) in [5.74, 6) is 2.62. The van der Waals surface area contributed by atoms with Crippen LogP contribution >= 0.6 is 24.0 Å². The maximum atomic E-state index is 12.6. The molecule has 9 heteroatoms. The van der Waals surface area contributed by atoms with E-state index in [2.05, 4.69) is 23.2 Å². The van der Waals surface area contributed by atoms with E-state index in [0.29, 0.717) is 39.5 Å². The molecule has 33 heavy (non-hydrogen) atoms. The fraction of sp³-hybridized carbons (Fsp3) is 0.667. The van der Waals surface area contributed by atoms with Crippen molar-refractivity contribution in [2.45, 2.75) is 46.1 Å². The van der Waals surface area contributed by atoms with Crippen molar-refractivity contribution in [3.05, 3.63) is 23.8 Å². The molecule has 3 rings (SSSR count). The standard InChI is InChI=1S/C24H38N4O4.HI/c1-4-25-24(28-15-13-27(14-16-28)23(29)21-8-7-17-32-21)26-12-11-19-9-10-20(30-5-2)22(18-19)31-6-3;/h9-10,18,21H,4-8,11-17H2,1-3H3,(H,25,26);1H. The lowest BCUT2D eigenvalue weighted by molar-refractivity contribution is -0.142. The number of hydrogen-bond donors (Lipinski definition) is 1. The van der Waals surface area contributed by atoms with Gasteiger partial charge in [-0.25, -0.2) is 0 Å². The number of carbonyl (C=O) groups excluding carboxylic acids is 1. The Labute approximate surface area is 215 Å². The zero-order valence-corrected chi connectivity index (χ0v) is 22.5. The summed E-state index contributed by atoms with van der Waals surface area (Å²) in [4.78, 5) is 21.6. The van der Waals surface area contributed by atoms with Crippen molar-refractivity contribution in [3.8, 4) is 11.5 Å². The van der Waals surface area contributed by atoms with Crippen molar-refractivity contribution in [2.24, 2.45) is 4.99 Å². The summed E-state index contributed by atoms with van der Waals surface area (Å²) in [7, 11) is 0. The second-order valence-corrected chi connectivity index (χ2v) is 7.95. The fourth-order valence-corrected chi connectivity index (χ4v) is 4.08. The summed E-state index contributed by atoms with van der Waals surface area (Å²) in [6, 6.07) is 6.10. The molecule has 0 aromatic heterocycles. The number of ether oxygens (including phenoxy) is 3. The van der Waals surface area contributed by atoms with Gasteiger partial charge < -0.3 is 29.3 Å². The predicted octanol–water partition coefficient (Wildman–Crippen LogP) is 2.93. The van der Waals surface area contributed by atoms with E-state index >= 15 is 0 Å². The number of aliphatic imine (C=N–C) groups is 1. The van der Waals surface area contributed by atoms with Gasteiger partial charge in [0.2, 0.25) is 0 Å². The Kier molecular flexibility index (Phi) is 12.1. The molecule has 1 N–H and O–H groups in total. The first-order valence-electron chi connectivity index (χ1n) is 12.0. The van der Waals surface area contributed by atoms with Crippen LogP contribution in [0.1, 0.15) is 39.2 Å². The van der Waals surface area contributed by atoms with Crippen molar-refractivity contribution < 1.29 is 19.0 Å². The lowest BCUT2D eigenvalue weighted by Gasteiger charge is -2.37. The molecule has 0 aliphatic carbocycles. The highest BCUT2D eigenvalue weighted by molar-refractivity contribution is 14.0. The third kappa shape index (κ3) is 7.91. The van der Waals surface area contributed by atoms with Crippen molar-refractivity contribution in [1.82, 2.24) is 15.1 Å². The molecule has 0 spiro atoms. The van der Waals surface area contributed by atoms with Crippen LogP contribution in [-0.4, -0.2) is 86.9 Å². The summed E-state index contributed by atoms with van der Waals surface area (Å²) in [5, 5.41) is 3.40. The van der Waals surface area contributed by atoms with Crippen molar-refractivity contribution in [1.29, 1.82) is 0 Å². The minimum Gasteiger partial charge on any atom is -0.490 e. The zero-order chi connectivity index (χ0) is 22.8. The Balaban J connectivity index is 0.00000385. The Morgan fingerprint density at radius 2 is 1.79 bits per heavy atom. The maximum Gasteiger partial charge on any atom is 0.251 e. The van der Waals surface area contributed by atoms with Crippen LogP contribution in [0, 0.1) is 0 Å². The number of amides is 1. The molecule has 186 valence electrons. The highest BCUT2D eigenvalue weighted by atomic mass is 127. The molecule has 0 bridgehead atoms. The summed E-state index contributed by atoms with van der Waals surface area (Å²) >= 11 is 0. The molecular weight excluding hydrogens is 535 g/mol. The molecule has 1 amide bonds. The van der Waals surface area contributed by atoms with E-state index in [9.17, 15) is 4.79 Å². The van der Waals surface area contributed by atoms with Gasteiger partial charge in [0, 0.05) is 45.9 Å². The molecule has 0 saturated carbocycles. The number of halogens is 1. The normalized spacial score (nSPS) is 18.6. The molecule has 1 unspecified atom stereocenters. The number of nitrogens with one attached hydrogen (secondary N) is 1. The number of hydrogen-bond acceptors (Lipinski definition) is 5. The minimum absolute atomic E-state index is 0. The van der Waals surface area contributed by atoms with E-state index in [1.54, 1.807) is 0 Å². The van der Waals surface area contributed by atoms with Crippen LogP contribution in [0.25, 0.3) is 0 Å². The lowest BCUT2D eigenvalue weighted by atomic mass is 10.1. The van der Waals surface area contributed by atoms with E-state index < -0.39 is 0 Å². The summed E-state index contributed by atoms with van der Waals surface area (Å²) in [6.07, 6.45) is 2.41. The molecule has 1 aromatic rings. The lowest BCUT2D eigenvalue weighted by Crippen LogP contribution is -2.55. The largest absolute Gasteiger partial charge is 0.490 e. The van der Waals surface area contributed by atoms with Crippen LogP contribution in [0.2, 0.25) is 0 Å². The van der Waals surface area contributed by atoms with Crippen molar-refractivity contribution in [2.75, 3.05) is 59.1 Å². The van der Waals surface area contributed by atoms with Crippen LogP contribution in [0.4, 0.5) is 0 Å². The van der Waals surface area contributed by atoms with E-state index in [0.717, 1.165) is 56.4 Å². The highest BCUT2D eigenvalue weighted by Gasteiger charge is 2.30. The molecular formula is C24H39IN4O4. The van der Waals surface area contributed by atoms with Gasteiger partial charge in [0.15, 0.2) is 17.5 Å². The Morgan fingerprint density at radius 1 is 1.09 bits per heavy atom. The van der Waals surface area contributed by atoms with E-state index in [4.69, 9.17) is 19.2 Å². The van der Waals surface area contributed by atoms with Crippen LogP contribution in [0.15, 0.2) is 23.2 Å². The first kappa shape index (κ1) is 27.5. The molecule has 2 fully saturated rings. The molecule has 2 heterocycles. The average Bonchev–Trinajstić information content (AvgIpc) is 3.35. The van der Waals surface area contributed by atoms with Gasteiger partial charge >= 0.3 is 0 Å². The summed E-state index contributed by atoms with van der Waals surface area (Å²) in [5.41, 5.74) is 1.17. The second-order valence-electron chi connectivity index (χ2n) is 7.95. The number of nitrogens with zero attached hydrogens (tertiary/aromatic N) is 3. The number of benzene rings is 1. The van der Waals surface area contributed by atoms with Crippen LogP contribution in [0.5, 0.6) is 11.5 Å². The second kappa shape index (κ2) is 14.5. The van der Waals surface area contributed by atoms with Gasteiger partial charge in [-0.1, -0.05) is 6.07 Å². The molecule has 2 aliphatic rings. The third-order valence-corrected chi connectivity index (χ3v) is 5.70. The zero-order valence-electron chi connectivity index (χ0n) is 20.2. The van der Waals surface area contributed by atoms with Gasteiger partial charge in [-0.05, 0) is 57.7 Å². The molecule has 0 radical (unpaired) electrons. The Morgan fingerprint density at radius 3 is 2.42 bits per heavy atom. The number of rotatable bonds is 9. The molecule has 1 atom stereocenters. The van der Waals surface area contributed by atoms with Crippen molar-refractivity contribution >= 4 is 35.8 Å². The Hall–Kier alpha value is -1.75. The van der Waals surface area contributed by atoms with Crippen LogP contribution < -0.4 is 14.8 Å². The highest BCUT2D eigenvalue weighted by Crippen LogP contribution is 2.28. The van der Waals surface area contributed by atoms with Crippen LogP contribution in [-0.2, 0) is 16.0 Å². The maximum absolute atomic E-state index is 12.6. The monoisotopic (exact) mass is 574 g/mol. The van der Waals surface area contributed by atoms with Gasteiger partial charge in [-0.15, -0.1) is 24.0 Å². The molecule has 2 aliphatic heterocycles. The minimum atomic E-state index is -0.237. The summed E-state index contributed by atoms with van der Waals surface area (Å²) in [6.45, 7) is 12.4.